The number of nitrogens with zero attached hydrogens (tertiary/aromatic N) is 1. The Balaban J connectivity index is 1.50. The van der Waals surface area contributed by atoms with Crippen molar-refractivity contribution in [1.29, 1.82) is 0 Å². The second-order valence-electron chi connectivity index (χ2n) is 7.97. The zero-order valence-electron chi connectivity index (χ0n) is 16.3. The topological polar surface area (TPSA) is 61.4 Å². The zero-order valence-corrected chi connectivity index (χ0v) is 17.1. The number of carbonyl (C=O) groups is 2. The highest BCUT2D eigenvalue weighted by atomic mass is 35.5. The summed E-state index contributed by atoms with van der Waals surface area (Å²) >= 11 is 6.30. The Labute approximate surface area is 166 Å². The number of likely N-dealkylation sites (tertiary alicyclic amines) is 1. The van der Waals surface area contributed by atoms with Gasteiger partial charge in [0.15, 0.2) is 0 Å². The molecular weight excluding hydrogens is 362 g/mol. The summed E-state index contributed by atoms with van der Waals surface area (Å²) in [5.74, 6) is -0.0864. The van der Waals surface area contributed by atoms with Gasteiger partial charge in [0.1, 0.15) is 0 Å². The molecule has 0 bridgehead atoms. The fourth-order valence-corrected chi connectivity index (χ4v) is 4.53. The number of amides is 3. The van der Waals surface area contributed by atoms with Crippen LogP contribution in [0.3, 0.4) is 0 Å². The van der Waals surface area contributed by atoms with Crippen LogP contribution in [0.2, 0.25) is 5.02 Å². The largest absolute Gasteiger partial charge is 0.335 e. The third-order valence-corrected chi connectivity index (χ3v) is 6.06. The van der Waals surface area contributed by atoms with Crippen molar-refractivity contribution in [3.63, 3.8) is 0 Å². The Morgan fingerprint density at radius 3 is 2.33 bits per heavy atom. The van der Waals surface area contributed by atoms with Gasteiger partial charge in [0.05, 0.1) is 10.7 Å². The molecule has 0 aromatic heterocycles. The van der Waals surface area contributed by atoms with Crippen LogP contribution in [-0.2, 0) is 4.79 Å². The summed E-state index contributed by atoms with van der Waals surface area (Å²) in [4.78, 5) is 27.0. The van der Waals surface area contributed by atoms with Crippen LogP contribution in [-0.4, -0.2) is 36.0 Å². The van der Waals surface area contributed by atoms with E-state index in [-0.39, 0.29) is 17.9 Å². The average molecular weight is 392 g/mol. The summed E-state index contributed by atoms with van der Waals surface area (Å²) in [6.45, 7) is 5.18. The van der Waals surface area contributed by atoms with Gasteiger partial charge in [-0.25, -0.2) is 4.79 Å². The first kappa shape index (κ1) is 20.0. The minimum atomic E-state index is -0.0829. The van der Waals surface area contributed by atoms with Crippen molar-refractivity contribution in [3.8, 4) is 0 Å². The number of hydrogen-bond acceptors (Lipinski definition) is 2. The van der Waals surface area contributed by atoms with E-state index in [1.807, 2.05) is 30.9 Å². The van der Waals surface area contributed by atoms with Crippen LogP contribution < -0.4 is 10.6 Å². The fourth-order valence-electron chi connectivity index (χ4n) is 4.16. The van der Waals surface area contributed by atoms with Crippen molar-refractivity contribution in [3.05, 3.63) is 28.3 Å². The third-order valence-electron chi connectivity index (χ3n) is 5.77. The molecule has 1 saturated carbocycles. The van der Waals surface area contributed by atoms with Crippen LogP contribution >= 0.6 is 11.6 Å². The Morgan fingerprint density at radius 2 is 1.70 bits per heavy atom. The van der Waals surface area contributed by atoms with E-state index in [1.54, 1.807) is 0 Å². The Kier molecular flexibility index (Phi) is 6.64. The molecule has 27 heavy (non-hydrogen) atoms. The van der Waals surface area contributed by atoms with E-state index in [0.717, 1.165) is 24.0 Å². The van der Waals surface area contributed by atoms with E-state index < -0.39 is 0 Å². The number of piperidine rings is 1. The summed E-state index contributed by atoms with van der Waals surface area (Å²) in [6.07, 6.45) is 7.22. The van der Waals surface area contributed by atoms with Crippen LogP contribution in [0.25, 0.3) is 0 Å². The summed E-state index contributed by atoms with van der Waals surface area (Å²) < 4.78 is 0. The van der Waals surface area contributed by atoms with E-state index in [0.29, 0.717) is 42.7 Å². The number of nitrogens with one attached hydrogen (secondary N) is 2. The van der Waals surface area contributed by atoms with Crippen molar-refractivity contribution in [2.75, 3.05) is 18.4 Å². The van der Waals surface area contributed by atoms with Gasteiger partial charge in [-0.05, 0) is 56.7 Å². The molecule has 1 aliphatic heterocycles. The van der Waals surface area contributed by atoms with Crippen LogP contribution in [0.15, 0.2) is 12.1 Å². The number of urea groups is 1. The molecule has 2 N–H and O–H groups in total. The zero-order chi connectivity index (χ0) is 19.4. The second kappa shape index (κ2) is 8.96. The maximum atomic E-state index is 12.7. The smallest absolute Gasteiger partial charge is 0.317 e. The average Bonchev–Trinajstić information content (AvgIpc) is 2.65. The fraction of sp³-hybridized carbons (Fsp3) is 0.619. The standard InChI is InChI=1S/C21H30ClN3O2/c1-14-12-15(2)19(18(22)13-14)24-20(26)16-8-10-25(11-9-16)21(27)23-17-6-4-3-5-7-17/h12-13,16-17H,3-11H2,1-2H3,(H,23,27)(H,24,26). The molecule has 2 aliphatic rings. The van der Waals surface area contributed by atoms with Crippen LogP contribution in [0, 0.1) is 19.8 Å². The number of benzene rings is 1. The molecule has 1 aromatic carbocycles. The van der Waals surface area contributed by atoms with E-state index in [4.69, 9.17) is 11.6 Å². The molecule has 0 radical (unpaired) electrons. The molecule has 0 unspecified atom stereocenters. The van der Waals surface area contributed by atoms with Crippen LogP contribution in [0.4, 0.5) is 10.5 Å². The molecule has 3 rings (SSSR count). The van der Waals surface area contributed by atoms with Gasteiger partial charge in [-0.15, -0.1) is 0 Å². The quantitative estimate of drug-likeness (QED) is 0.787. The molecule has 0 atom stereocenters. The van der Waals surface area contributed by atoms with Crippen molar-refractivity contribution < 1.29 is 9.59 Å². The van der Waals surface area contributed by atoms with Gasteiger partial charge in [-0.2, -0.15) is 0 Å². The number of aryl methyl sites for hydroxylation is 2. The van der Waals surface area contributed by atoms with E-state index in [9.17, 15) is 9.59 Å². The first-order chi connectivity index (χ1) is 12.9. The molecule has 1 aromatic rings. The maximum Gasteiger partial charge on any atom is 0.317 e. The highest BCUT2D eigenvalue weighted by Gasteiger charge is 2.29. The number of hydrogen-bond donors (Lipinski definition) is 2. The number of rotatable bonds is 3. The van der Waals surface area contributed by atoms with E-state index >= 15 is 0 Å². The maximum absolute atomic E-state index is 12.7. The molecule has 1 heterocycles. The lowest BCUT2D eigenvalue weighted by Gasteiger charge is -2.33. The van der Waals surface area contributed by atoms with Crippen molar-refractivity contribution in [1.82, 2.24) is 10.2 Å². The van der Waals surface area contributed by atoms with Crippen LogP contribution in [0.5, 0.6) is 0 Å². The summed E-state index contributed by atoms with van der Waals surface area (Å²) in [5.41, 5.74) is 2.75. The predicted molar refractivity (Wildman–Crippen MR) is 109 cm³/mol. The van der Waals surface area contributed by atoms with Gasteiger partial charge in [0.2, 0.25) is 5.91 Å². The highest BCUT2D eigenvalue weighted by Crippen LogP contribution is 2.29. The SMILES string of the molecule is Cc1cc(C)c(NC(=O)C2CCN(C(=O)NC3CCCCC3)CC2)c(Cl)c1. The normalized spacial score (nSPS) is 19.0. The van der Waals surface area contributed by atoms with Gasteiger partial charge < -0.3 is 15.5 Å². The molecular formula is C21H30ClN3O2. The number of anilines is 1. The number of carbonyl (C=O) groups excluding carboxylic acids is 2. The predicted octanol–water partition coefficient (Wildman–Crippen LogP) is 4.65. The summed E-state index contributed by atoms with van der Waals surface area (Å²) in [7, 11) is 0. The third kappa shape index (κ3) is 5.16. The molecule has 2 fully saturated rings. The van der Waals surface area contributed by atoms with Crippen molar-refractivity contribution >= 4 is 29.2 Å². The molecule has 1 saturated heterocycles. The summed E-state index contributed by atoms with van der Waals surface area (Å²) in [6, 6.07) is 4.22. The summed E-state index contributed by atoms with van der Waals surface area (Å²) in [5, 5.41) is 6.73. The van der Waals surface area contributed by atoms with Gasteiger partial charge in [0.25, 0.3) is 0 Å². The Morgan fingerprint density at radius 1 is 1.04 bits per heavy atom. The van der Waals surface area contributed by atoms with Gasteiger partial charge in [0, 0.05) is 25.0 Å². The molecule has 148 valence electrons. The van der Waals surface area contributed by atoms with Crippen molar-refractivity contribution in [2.24, 2.45) is 5.92 Å². The lowest BCUT2D eigenvalue weighted by atomic mass is 9.95. The molecule has 3 amide bonds. The first-order valence-corrected chi connectivity index (χ1v) is 10.4. The van der Waals surface area contributed by atoms with Gasteiger partial charge >= 0.3 is 6.03 Å². The second-order valence-corrected chi connectivity index (χ2v) is 8.38. The molecule has 1 aliphatic carbocycles. The van der Waals surface area contributed by atoms with Gasteiger partial charge in [-0.1, -0.05) is 36.9 Å². The highest BCUT2D eigenvalue weighted by molar-refractivity contribution is 6.34. The van der Waals surface area contributed by atoms with E-state index in [1.165, 1.54) is 19.3 Å². The van der Waals surface area contributed by atoms with Crippen molar-refractivity contribution in [2.45, 2.75) is 64.8 Å². The molecule has 0 spiro atoms. The van der Waals surface area contributed by atoms with E-state index in [2.05, 4.69) is 10.6 Å². The number of halogens is 1. The molecule has 6 heteroatoms. The van der Waals surface area contributed by atoms with Gasteiger partial charge in [-0.3, -0.25) is 4.79 Å². The minimum absolute atomic E-state index is 0.00353. The first-order valence-electron chi connectivity index (χ1n) is 10.1. The van der Waals surface area contributed by atoms with Crippen LogP contribution in [0.1, 0.15) is 56.1 Å². The minimum Gasteiger partial charge on any atom is -0.335 e. The monoisotopic (exact) mass is 391 g/mol. The lowest BCUT2D eigenvalue weighted by Crippen LogP contribution is -2.49. The lowest BCUT2D eigenvalue weighted by molar-refractivity contribution is -0.121. The molecule has 5 nitrogen and oxygen atoms in total. The Bertz CT molecular complexity index is 670. The Hall–Kier alpha value is -1.75.